The van der Waals surface area contributed by atoms with Crippen LogP contribution in [0.2, 0.25) is 0 Å². The molecule has 1 aromatic carbocycles. The predicted molar refractivity (Wildman–Crippen MR) is 116 cm³/mol. The third-order valence-electron chi connectivity index (χ3n) is 5.73. The average molecular weight is 434 g/mol. The lowest BCUT2D eigenvalue weighted by atomic mass is 9.92. The van der Waals surface area contributed by atoms with Gasteiger partial charge >= 0.3 is 0 Å². The molecule has 7 heteroatoms. The Morgan fingerprint density at radius 1 is 1.20 bits per heavy atom. The Labute approximate surface area is 177 Å². The van der Waals surface area contributed by atoms with Crippen molar-refractivity contribution in [3.05, 3.63) is 51.8 Å². The van der Waals surface area contributed by atoms with E-state index in [4.69, 9.17) is 4.74 Å². The van der Waals surface area contributed by atoms with Crippen LogP contribution in [0.5, 0.6) is 5.75 Å². The highest BCUT2D eigenvalue weighted by molar-refractivity contribution is 7.17. The molecule has 2 aromatic heterocycles. The smallest absolute Gasteiger partial charge is 0.268 e. The standard InChI is InChI=1S/C23H25F2NO3S/c1-22(2,28)14-4-5-19(29-15-6-9-23(24,25)10-7-15)17(12-14)18-13-26(3)21(27)20-16(18)8-11-30-20/h4-5,8,11-13,15,28H,6-7,9-10H2,1-3H3. The number of benzene rings is 1. The van der Waals surface area contributed by atoms with E-state index in [-0.39, 0.29) is 24.5 Å². The molecular formula is C23H25F2NO3S. The van der Waals surface area contributed by atoms with Crippen LogP contribution in [-0.4, -0.2) is 21.7 Å². The SMILES string of the molecule is Cn1cc(-c2cc(C(C)(C)O)ccc2OC2CCC(F)(F)CC2)c2ccsc2c1=O. The van der Waals surface area contributed by atoms with Gasteiger partial charge in [0, 0.05) is 42.6 Å². The molecule has 1 fully saturated rings. The third-order valence-corrected chi connectivity index (χ3v) is 6.63. The second-order valence-corrected chi connectivity index (χ2v) is 9.48. The highest BCUT2D eigenvalue weighted by Gasteiger charge is 2.36. The van der Waals surface area contributed by atoms with Crippen molar-refractivity contribution in [2.24, 2.45) is 7.05 Å². The van der Waals surface area contributed by atoms with E-state index >= 15 is 0 Å². The lowest BCUT2D eigenvalue weighted by Crippen LogP contribution is -2.30. The van der Waals surface area contributed by atoms with Crippen LogP contribution in [0.15, 0.2) is 40.6 Å². The van der Waals surface area contributed by atoms with E-state index in [1.807, 2.05) is 17.5 Å². The van der Waals surface area contributed by atoms with Gasteiger partial charge in [-0.1, -0.05) is 6.07 Å². The summed E-state index contributed by atoms with van der Waals surface area (Å²) in [6, 6.07) is 7.35. The Morgan fingerprint density at radius 3 is 2.57 bits per heavy atom. The molecule has 0 aliphatic heterocycles. The van der Waals surface area contributed by atoms with Crippen LogP contribution in [0, 0.1) is 0 Å². The monoisotopic (exact) mass is 433 g/mol. The van der Waals surface area contributed by atoms with E-state index in [0.717, 1.165) is 16.5 Å². The van der Waals surface area contributed by atoms with Gasteiger partial charge in [-0.15, -0.1) is 11.3 Å². The van der Waals surface area contributed by atoms with Crippen molar-refractivity contribution in [2.45, 2.75) is 57.2 Å². The molecule has 160 valence electrons. The van der Waals surface area contributed by atoms with E-state index in [1.165, 1.54) is 15.9 Å². The molecule has 0 saturated heterocycles. The number of alkyl halides is 2. The van der Waals surface area contributed by atoms with Gasteiger partial charge in [-0.05, 0) is 55.8 Å². The van der Waals surface area contributed by atoms with Crippen molar-refractivity contribution in [3.8, 4) is 16.9 Å². The number of rotatable bonds is 4. The molecular weight excluding hydrogens is 408 g/mol. The molecule has 3 aromatic rings. The fraction of sp³-hybridized carbons (Fsp3) is 0.435. The first-order valence-electron chi connectivity index (χ1n) is 10.0. The average Bonchev–Trinajstić information content (AvgIpc) is 3.16. The number of fused-ring (bicyclic) bond motifs is 1. The van der Waals surface area contributed by atoms with Crippen molar-refractivity contribution >= 4 is 21.4 Å². The number of hydrogen-bond acceptors (Lipinski definition) is 4. The van der Waals surface area contributed by atoms with Gasteiger partial charge in [0.1, 0.15) is 10.4 Å². The van der Waals surface area contributed by atoms with Crippen LogP contribution in [0.25, 0.3) is 21.2 Å². The molecule has 0 amide bonds. The van der Waals surface area contributed by atoms with Crippen LogP contribution >= 0.6 is 11.3 Å². The Hall–Kier alpha value is -2.25. The number of aryl methyl sites for hydroxylation is 1. The van der Waals surface area contributed by atoms with Gasteiger partial charge in [-0.3, -0.25) is 4.79 Å². The maximum Gasteiger partial charge on any atom is 0.268 e. The maximum atomic E-state index is 13.6. The second-order valence-electron chi connectivity index (χ2n) is 8.57. The quantitative estimate of drug-likeness (QED) is 0.595. The number of pyridine rings is 1. The summed E-state index contributed by atoms with van der Waals surface area (Å²) in [5.74, 6) is -2.04. The van der Waals surface area contributed by atoms with E-state index in [1.54, 1.807) is 39.2 Å². The first-order valence-corrected chi connectivity index (χ1v) is 10.9. The van der Waals surface area contributed by atoms with Gasteiger partial charge in [0.25, 0.3) is 5.56 Å². The van der Waals surface area contributed by atoms with Gasteiger partial charge in [-0.2, -0.15) is 0 Å². The van der Waals surface area contributed by atoms with E-state index in [9.17, 15) is 18.7 Å². The lowest BCUT2D eigenvalue weighted by molar-refractivity contribution is -0.0581. The van der Waals surface area contributed by atoms with Crippen molar-refractivity contribution in [3.63, 3.8) is 0 Å². The summed E-state index contributed by atoms with van der Waals surface area (Å²) in [6.45, 7) is 3.41. The molecule has 1 N–H and O–H groups in total. The van der Waals surface area contributed by atoms with Gasteiger partial charge in [0.2, 0.25) is 5.92 Å². The number of aliphatic hydroxyl groups is 1. The zero-order chi connectivity index (χ0) is 21.7. The summed E-state index contributed by atoms with van der Waals surface area (Å²) in [4.78, 5) is 12.5. The second kappa shape index (κ2) is 7.46. The Bertz CT molecular complexity index is 1130. The van der Waals surface area contributed by atoms with Crippen molar-refractivity contribution in [1.82, 2.24) is 4.57 Å². The van der Waals surface area contributed by atoms with Crippen LogP contribution in [0.1, 0.15) is 45.1 Å². The van der Waals surface area contributed by atoms with Gasteiger partial charge < -0.3 is 14.4 Å². The van der Waals surface area contributed by atoms with Crippen molar-refractivity contribution in [1.29, 1.82) is 0 Å². The molecule has 1 saturated carbocycles. The van der Waals surface area contributed by atoms with E-state index in [0.29, 0.717) is 28.9 Å². The van der Waals surface area contributed by atoms with Gasteiger partial charge in [-0.25, -0.2) is 8.78 Å². The largest absolute Gasteiger partial charge is 0.490 e. The van der Waals surface area contributed by atoms with Crippen LogP contribution in [0.3, 0.4) is 0 Å². The predicted octanol–water partition coefficient (Wildman–Crippen LogP) is 5.45. The minimum atomic E-state index is -2.62. The number of hydrogen-bond donors (Lipinski definition) is 1. The van der Waals surface area contributed by atoms with Crippen molar-refractivity contribution in [2.75, 3.05) is 0 Å². The molecule has 30 heavy (non-hydrogen) atoms. The minimum absolute atomic E-state index is 0.0700. The number of nitrogens with zero attached hydrogens (tertiary/aromatic N) is 1. The summed E-state index contributed by atoms with van der Waals surface area (Å²) in [6.07, 6.45) is 1.71. The fourth-order valence-electron chi connectivity index (χ4n) is 3.92. The van der Waals surface area contributed by atoms with Crippen molar-refractivity contribution < 1.29 is 18.6 Å². The summed E-state index contributed by atoms with van der Waals surface area (Å²) in [7, 11) is 1.70. The first-order chi connectivity index (χ1) is 14.0. The molecule has 0 bridgehead atoms. The molecule has 4 rings (SSSR count). The molecule has 4 nitrogen and oxygen atoms in total. The number of thiophene rings is 1. The molecule has 1 aliphatic carbocycles. The summed E-state index contributed by atoms with van der Waals surface area (Å²) in [5.41, 5.74) is 1.13. The number of halogens is 2. The lowest BCUT2D eigenvalue weighted by Gasteiger charge is -2.30. The van der Waals surface area contributed by atoms with Crippen LogP contribution in [0.4, 0.5) is 8.78 Å². The summed E-state index contributed by atoms with van der Waals surface area (Å²) >= 11 is 1.38. The molecule has 0 radical (unpaired) electrons. The first kappa shape index (κ1) is 21.0. The Kier molecular flexibility index (Phi) is 5.22. The van der Waals surface area contributed by atoms with E-state index in [2.05, 4.69) is 0 Å². The highest BCUT2D eigenvalue weighted by Crippen LogP contribution is 2.41. The summed E-state index contributed by atoms with van der Waals surface area (Å²) in [5, 5.41) is 13.2. The zero-order valence-corrected chi connectivity index (χ0v) is 18.1. The molecule has 0 spiro atoms. The Balaban J connectivity index is 1.82. The highest BCUT2D eigenvalue weighted by atomic mass is 32.1. The van der Waals surface area contributed by atoms with Gasteiger partial charge in [0.15, 0.2) is 0 Å². The molecule has 1 aliphatic rings. The summed E-state index contributed by atoms with van der Waals surface area (Å²) < 4.78 is 35.5. The normalized spacial score (nSPS) is 17.4. The molecule has 2 heterocycles. The molecule has 0 atom stereocenters. The van der Waals surface area contributed by atoms with Crippen LogP contribution in [-0.2, 0) is 12.6 Å². The molecule has 0 unspecified atom stereocenters. The minimum Gasteiger partial charge on any atom is -0.490 e. The van der Waals surface area contributed by atoms with Crippen LogP contribution < -0.4 is 10.3 Å². The number of aromatic nitrogens is 1. The van der Waals surface area contributed by atoms with E-state index < -0.39 is 11.5 Å². The van der Waals surface area contributed by atoms with Gasteiger partial charge in [0.05, 0.1) is 11.7 Å². The number of ether oxygens (including phenoxy) is 1. The maximum absolute atomic E-state index is 13.6. The Morgan fingerprint density at radius 2 is 1.90 bits per heavy atom. The topological polar surface area (TPSA) is 51.5 Å². The fourth-order valence-corrected chi connectivity index (χ4v) is 4.81. The third kappa shape index (κ3) is 4.01. The zero-order valence-electron chi connectivity index (χ0n) is 17.2.